The summed E-state index contributed by atoms with van der Waals surface area (Å²) in [4.78, 5) is 0. The molecule has 146 valence electrons. The van der Waals surface area contributed by atoms with Crippen LogP contribution < -0.4 is 0 Å². The second-order valence-corrected chi connectivity index (χ2v) is 31.3. The summed E-state index contributed by atoms with van der Waals surface area (Å²) in [7, 11) is -12.6. The summed E-state index contributed by atoms with van der Waals surface area (Å²) < 4.78 is 31.3. The molecule has 0 radical (unpaired) electrons. The molecule has 0 amide bonds. The van der Waals surface area contributed by atoms with Gasteiger partial charge in [-0.25, -0.2) is 0 Å². The van der Waals surface area contributed by atoms with Gasteiger partial charge in [-0.1, -0.05) is 0 Å². The Balaban J connectivity index is 4.94. The highest BCUT2D eigenvalue weighted by molar-refractivity contribution is 7.05. The van der Waals surface area contributed by atoms with Crippen LogP contribution in [0.3, 0.4) is 0 Å². The molecule has 0 heterocycles. The molecule has 1 unspecified atom stereocenters. The highest BCUT2D eigenvalue weighted by Crippen LogP contribution is 2.26. The van der Waals surface area contributed by atoms with Crippen molar-refractivity contribution in [2.24, 2.45) is 0 Å². The molecular formula is C12H37ClO5Si6. The number of hydrogen-bond acceptors (Lipinski definition) is 5. The lowest BCUT2D eigenvalue weighted by molar-refractivity contribution is 0.284. The molecule has 24 heavy (non-hydrogen) atoms. The fourth-order valence-corrected chi connectivity index (χ4v) is 30.4. The third-order valence-corrected chi connectivity index (χ3v) is 23.1. The average Bonchev–Trinajstić information content (AvgIpc) is 2.00. The van der Waals surface area contributed by atoms with Crippen LogP contribution in [0.25, 0.3) is 0 Å². The zero-order chi connectivity index (χ0) is 19.6. The van der Waals surface area contributed by atoms with Crippen LogP contribution in [0, 0.1) is 0 Å². The van der Waals surface area contributed by atoms with Gasteiger partial charge >= 0.3 is 34.2 Å². The molecule has 12 heteroatoms. The standard InChI is InChI=1S/C12H37ClO5Si6/c1-19(13)14-21(5,6)16-23(9,10)18-24(11,12)17-22(7,8)15-20(2,3)4/h19H,1-12H3. The Hall–Kier alpha value is 1.39. The predicted molar refractivity (Wildman–Crippen MR) is 118 cm³/mol. The third kappa shape index (κ3) is 12.7. The molecule has 0 aliphatic rings. The van der Waals surface area contributed by atoms with E-state index in [1.807, 2.05) is 19.6 Å². The molecule has 0 aromatic carbocycles. The predicted octanol–water partition coefficient (Wildman–Crippen LogP) is 4.80. The van der Waals surface area contributed by atoms with E-state index in [9.17, 15) is 0 Å². The van der Waals surface area contributed by atoms with Gasteiger partial charge < -0.3 is 20.6 Å². The summed E-state index contributed by atoms with van der Waals surface area (Å²) in [6.07, 6.45) is 0. The van der Waals surface area contributed by atoms with Crippen molar-refractivity contribution >= 4 is 62.0 Å². The highest BCUT2D eigenvalue weighted by Gasteiger charge is 2.45. The fourth-order valence-electron chi connectivity index (χ4n) is 2.99. The van der Waals surface area contributed by atoms with Gasteiger partial charge in [-0.15, -0.1) is 11.1 Å². The Bertz CT molecular complexity index is 411. The highest BCUT2D eigenvalue weighted by atomic mass is 35.6. The quantitative estimate of drug-likeness (QED) is 0.343. The molecule has 0 aliphatic heterocycles. The van der Waals surface area contributed by atoms with Crippen LogP contribution in [0.15, 0.2) is 0 Å². The summed E-state index contributed by atoms with van der Waals surface area (Å²) in [6, 6.07) is 0. The average molecular weight is 465 g/mol. The van der Waals surface area contributed by atoms with Crippen molar-refractivity contribution in [1.29, 1.82) is 0 Å². The summed E-state index contributed by atoms with van der Waals surface area (Å²) in [5.74, 6) is 0. The molecule has 0 saturated heterocycles. The van der Waals surface area contributed by atoms with E-state index in [2.05, 4.69) is 58.9 Å². The molecule has 0 aliphatic carbocycles. The maximum absolute atomic E-state index is 6.42. The zero-order valence-corrected chi connectivity index (χ0v) is 24.4. The van der Waals surface area contributed by atoms with Gasteiger partial charge in [0.25, 0.3) is 8.35 Å². The molecule has 1 atom stereocenters. The number of rotatable bonds is 10. The van der Waals surface area contributed by atoms with Crippen LogP contribution in [0.4, 0.5) is 0 Å². The van der Waals surface area contributed by atoms with Gasteiger partial charge in [0.1, 0.15) is 0 Å². The van der Waals surface area contributed by atoms with E-state index in [1.54, 1.807) is 0 Å². The van der Waals surface area contributed by atoms with E-state index < -0.39 is 50.9 Å². The maximum Gasteiger partial charge on any atom is 0.314 e. The lowest BCUT2D eigenvalue weighted by Gasteiger charge is -2.41. The van der Waals surface area contributed by atoms with E-state index in [0.29, 0.717) is 0 Å². The lowest BCUT2D eigenvalue weighted by atomic mass is 11.8. The van der Waals surface area contributed by atoms with Gasteiger partial charge in [-0.2, -0.15) is 0 Å². The monoisotopic (exact) mass is 464 g/mol. The Morgan fingerprint density at radius 3 is 1.12 bits per heavy atom. The van der Waals surface area contributed by atoms with Gasteiger partial charge in [0.15, 0.2) is 8.32 Å². The van der Waals surface area contributed by atoms with Gasteiger partial charge in [-0.3, -0.25) is 0 Å². The number of hydrogen-bond donors (Lipinski definition) is 0. The fraction of sp³-hybridized carbons (Fsp3) is 1.00. The molecule has 0 aromatic heterocycles. The van der Waals surface area contributed by atoms with E-state index in [-0.39, 0.29) is 0 Å². The Morgan fingerprint density at radius 2 is 0.833 bits per heavy atom. The van der Waals surface area contributed by atoms with Crippen LogP contribution in [-0.2, 0) is 20.6 Å². The second-order valence-electron chi connectivity index (χ2n) is 8.78. The van der Waals surface area contributed by atoms with Crippen molar-refractivity contribution < 1.29 is 20.6 Å². The Kier molecular flexibility index (Phi) is 9.10. The van der Waals surface area contributed by atoms with Crippen LogP contribution in [0.1, 0.15) is 0 Å². The molecule has 0 bridgehead atoms. The van der Waals surface area contributed by atoms with Crippen molar-refractivity contribution in [2.45, 2.75) is 78.6 Å². The maximum atomic E-state index is 6.42. The second kappa shape index (κ2) is 8.60. The largest absolute Gasteiger partial charge is 0.437 e. The molecule has 0 spiro atoms. The molecule has 0 saturated carbocycles. The van der Waals surface area contributed by atoms with Crippen LogP contribution in [-0.4, -0.2) is 50.9 Å². The third-order valence-electron chi connectivity index (χ3n) is 2.47. The topological polar surface area (TPSA) is 46.2 Å². The summed E-state index contributed by atoms with van der Waals surface area (Å²) in [5, 5.41) is 0. The van der Waals surface area contributed by atoms with Crippen molar-refractivity contribution in [2.75, 3.05) is 0 Å². The Morgan fingerprint density at radius 1 is 0.542 bits per heavy atom. The summed E-state index contributed by atoms with van der Waals surface area (Å²) >= 11 is 6.10. The zero-order valence-electron chi connectivity index (χ0n) is 17.5. The van der Waals surface area contributed by atoms with Crippen molar-refractivity contribution in [3.63, 3.8) is 0 Å². The minimum atomic E-state index is -2.38. The van der Waals surface area contributed by atoms with Gasteiger partial charge in [-0.05, 0) is 78.6 Å². The smallest absolute Gasteiger partial charge is 0.314 e. The van der Waals surface area contributed by atoms with Crippen LogP contribution in [0.5, 0.6) is 0 Å². The Labute approximate surface area is 160 Å². The molecule has 0 N–H and O–H groups in total. The van der Waals surface area contributed by atoms with Crippen LogP contribution >= 0.6 is 11.1 Å². The van der Waals surface area contributed by atoms with Crippen molar-refractivity contribution in [3.05, 3.63) is 0 Å². The van der Waals surface area contributed by atoms with E-state index in [0.717, 1.165) is 0 Å². The number of halogens is 1. The van der Waals surface area contributed by atoms with Gasteiger partial charge in [0.2, 0.25) is 0 Å². The van der Waals surface area contributed by atoms with Crippen molar-refractivity contribution in [3.8, 4) is 0 Å². The minimum Gasteiger partial charge on any atom is -0.437 e. The van der Waals surface area contributed by atoms with Gasteiger partial charge in [0.05, 0.1) is 0 Å². The first-order chi connectivity index (χ1) is 10.2. The first-order valence-corrected chi connectivity index (χ1v) is 26.4. The van der Waals surface area contributed by atoms with E-state index >= 15 is 0 Å². The lowest BCUT2D eigenvalue weighted by Crippen LogP contribution is -2.59. The molecule has 0 rings (SSSR count). The van der Waals surface area contributed by atoms with Crippen molar-refractivity contribution in [1.82, 2.24) is 0 Å². The molecule has 0 aromatic rings. The summed E-state index contributed by atoms with van der Waals surface area (Å²) in [5.41, 5.74) is 0. The molecule has 0 fully saturated rings. The van der Waals surface area contributed by atoms with Gasteiger partial charge in [0, 0.05) is 0 Å². The van der Waals surface area contributed by atoms with Crippen LogP contribution in [0.2, 0.25) is 78.6 Å². The summed E-state index contributed by atoms with van der Waals surface area (Å²) in [6.45, 7) is 25.0. The normalized spacial score (nSPS) is 16.4. The minimum absolute atomic E-state index is 1.65. The van der Waals surface area contributed by atoms with E-state index in [1.165, 1.54) is 0 Å². The molecule has 5 nitrogen and oxygen atoms in total. The first-order valence-electron chi connectivity index (χ1n) is 8.37. The van der Waals surface area contributed by atoms with E-state index in [4.69, 9.17) is 31.7 Å². The molecular weight excluding hydrogens is 428 g/mol. The first kappa shape index (κ1) is 25.4. The SMILES string of the molecule is C[SiH](Cl)O[Si](C)(C)O[Si](C)(C)O[Si](C)(C)O[Si](C)(C)O[Si](C)(C)C.